The van der Waals surface area contributed by atoms with Crippen LogP contribution in [0.4, 0.5) is 0 Å². The van der Waals surface area contributed by atoms with Crippen molar-refractivity contribution in [2.75, 3.05) is 0 Å². The predicted molar refractivity (Wildman–Crippen MR) is 78.3 cm³/mol. The molecule has 1 aromatic carbocycles. The lowest BCUT2D eigenvalue weighted by Gasteiger charge is -2.45. The topological polar surface area (TPSA) is 89.4 Å². The molecule has 2 aromatic rings. The first-order valence-corrected chi connectivity index (χ1v) is 7.11. The number of hydrogen-bond donors (Lipinski definition) is 2. The Morgan fingerprint density at radius 3 is 2.45 bits per heavy atom. The molecule has 1 aliphatic carbocycles. The second kappa shape index (κ2) is 4.22. The highest BCUT2D eigenvalue weighted by Gasteiger charge is 2.54. The molecule has 0 saturated heterocycles. The van der Waals surface area contributed by atoms with E-state index in [-0.39, 0.29) is 0 Å². The van der Waals surface area contributed by atoms with Crippen molar-refractivity contribution in [2.24, 2.45) is 0 Å². The van der Waals surface area contributed by atoms with E-state index < -0.39 is 34.6 Å². The number of alkyl halides is 1. The van der Waals surface area contributed by atoms with Gasteiger partial charge in [0.1, 0.15) is 18.2 Å². The first kappa shape index (κ1) is 13.6. The van der Waals surface area contributed by atoms with E-state index in [1.165, 1.54) is 12.2 Å². The third-order valence-electron chi connectivity index (χ3n) is 4.21. The highest BCUT2D eigenvalue weighted by atomic mass is 35.5. The van der Waals surface area contributed by atoms with Gasteiger partial charge in [0, 0.05) is 0 Å². The van der Waals surface area contributed by atoms with Crippen molar-refractivity contribution in [3.8, 4) is 5.69 Å². The van der Waals surface area contributed by atoms with Crippen LogP contribution in [0.1, 0.15) is 6.04 Å². The molecular weight excluding hydrogens is 310 g/mol. The smallest absolute Gasteiger partial charge is 0.353 e. The average Bonchev–Trinajstić information content (AvgIpc) is 2.79. The molecule has 22 heavy (non-hydrogen) atoms. The third kappa shape index (κ3) is 1.43. The van der Waals surface area contributed by atoms with Crippen LogP contribution in [0, 0.1) is 0 Å². The molecule has 0 saturated carbocycles. The Morgan fingerprint density at radius 1 is 1.09 bits per heavy atom. The van der Waals surface area contributed by atoms with Crippen LogP contribution in [-0.4, -0.2) is 36.4 Å². The molecule has 3 aliphatic rings. The summed E-state index contributed by atoms with van der Waals surface area (Å²) < 4.78 is 3.08. The number of nitrogens with zero attached hydrogens (tertiary/aromatic N) is 3. The molecule has 114 valence electrons. The van der Waals surface area contributed by atoms with Crippen molar-refractivity contribution in [3.05, 3.63) is 63.5 Å². The molecule has 8 heteroatoms. The minimum absolute atomic E-state index is 0.399. The van der Waals surface area contributed by atoms with Crippen LogP contribution >= 0.6 is 11.6 Å². The number of para-hydroxylation sites is 1. The van der Waals surface area contributed by atoms with E-state index in [1.807, 2.05) is 0 Å². The second-order valence-corrected chi connectivity index (χ2v) is 6.01. The van der Waals surface area contributed by atoms with Crippen molar-refractivity contribution in [1.29, 1.82) is 0 Å². The number of benzene rings is 1. The average molecular weight is 322 g/mol. The van der Waals surface area contributed by atoms with Gasteiger partial charge >= 0.3 is 11.4 Å². The summed E-state index contributed by atoms with van der Waals surface area (Å²) in [5.41, 5.74) is -0.872. The number of aromatic nitrogens is 3. The van der Waals surface area contributed by atoms with Crippen LogP contribution in [0.5, 0.6) is 0 Å². The Hall–Kier alpha value is -2.09. The van der Waals surface area contributed by atoms with Gasteiger partial charge in [0.05, 0.1) is 5.69 Å². The van der Waals surface area contributed by atoms with Crippen LogP contribution in [0.3, 0.4) is 0 Å². The van der Waals surface area contributed by atoms with Gasteiger partial charge in [0.2, 0.25) is 0 Å². The maximum atomic E-state index is 12.7. The van der Waals surface area contributed by atoms with Crippen LogP contribution in [0.2, 0.25) is 0 Å². The summed E-state index contributed by atoms with van der Waals surface area (Å²) in [5, 5.41) is 20.3. The Morgan fingerprint density at radius 2 is 1.77 bits per heavy atom. The number of rotatable bonds is 1. The molecule has 0 spiro atoms. The summed E-state index contributed by atoms with van der Waals surface area (Å²) in [4.78, 5) is 23.6. The fraction of sp³-hybridized carbons (Fsp3) is 0.286. The van der Waals surface area contributed by atoms with Crippen molar-refractivity contribution >= 4 is 11.6 Å². The molecule has 3 heterocycles. The molecular formula is C14H12ClN3O4. The van der Waals surface area contributed by atoms with Gasteiger partial charge in [-0.1, -0.05) is 35.9 Å². The standard InChI is InChI=1S/C14H12ClN3O4/c15-14-7-6-9(10(19)11(14)20)17-12(21)16(13(22)18(14)17)8-4-2-1-3-5-8/h1-7,9-11,19-20H/t9-,10-,11-,14+/m0/s1. The second-order valence-electron chi connectivity index (χ2n) is 5.41. The quantitative estimate of drug-likeness (QED) is 0.549. The van der Waals surface area contributed by atoms with Crippen molar-refractivity contribution < 1.29 is 10.2 Å². The molecule has 0 unspecified atom stereocenters. The lowest BCUT2D eigenvalue weighted by Crippen LogP contribution is -2.62. The van der Waals surface area contributed by atoms with E-state index in [9.17, 15) is 19.8 Å². The minimum atomic E-state index is -1.68. The first-order valence-electron chi connectivity index (χ1n) is 6.73. The Bertz CT molecular complexity index is 897. The van der Waals surface area contributed by atoms with Crippen molar-refractivity contribution in [2.45, 2.75) is 23.2 Å². The fourth-order valence-electron chi connectivity index (χ4n) is 3.12. The van der Waals surface area contributed by atoms with Crippen LogP contribution < -0.4 is 11.4 Å². The fourth-order valence-corrected chi connectivity index (χ4v) is 3.48. The first-order chi connectivity index (χ1) is 10.5. The Balaban J connectivity index is 2.08. The van der Waals surface area contributed by atoms with Crippen LogP contribution in [0.15, 0.2) is 52.1 Å². The Kier molecular flexibility index (Phi) is 2.60. The molecule has 4 atom stereocenters. The predicted octanol–water partition coefficient (Wildman–Crippen LogP) is -0.461. The van der Waals surface area contributed by atoms with Crippen LogP contribution in [-0.2, 0) is 5.00 Å². The molecule has 7 nitrogen and oxygen atoms in total. The lowest BCUT2D eigenvalue weighted by atomic mass is 9.90. The van der Waals surface area contributed by atoms with Gasteiger partial charge in [-0.2, -0.15) is 0 Å². The zero-order valence-corrected chi connectivity index (χ0v) is 12.0. The zero-order valence-electron chi connectivity index (χ0n) is 11.2. The maximum Gasteiger partial charge on any atom is 0.353 e. The van der Waals surface area contributed by atoms with Gasteiger partial charge < -0.3 is 10.2 Å². The van der Waals surface area contributed by atoms with E-state index >= 15 is 0 Å². The minimum Gasteiger partial charge on any atom is -0.388 e. The molecule has 0 radical (unpaired) electrons. The van der Waals surface area contributed by atoms with Gasteiger partial charge in [0.15, 0.2) is 5.00 Å². The van der Waals surface area contributed by atoms with Gasteiger partial charge in [-0.25, -0.2) is 23.5 Å². The van der Waals surface area contributed by atoms with Gasteiger partial charge in [-0.15, -0.1) is 0 Å². The normalized spacial score (nSPS) is 32.2. The van der Waals surface area contributed by atoms with E-state index in [0.717, 1.165) is 13.9 Å². The van der Waals surface area contributed by atoms with Crippen molar-refractivity contribution in [3.63, 3.8) is 0 Å². The summed E-state index contributed by atoms with van der Waals surface area (Å²) in [6.45, 7) is 0. The molecule has 0 fully saturated rings. The summed E-state index contributed by atoms with van der Waals surface area (Å²) >= 11 is 6.34. The maximum absolute atomic E-state index is 12.7. The van der Waals surface area contributed by atoms with Crippen LogP contribution in [0.25, 0.3) is 5.69 Å². The van der Waals surface area contributed by atoms with E-state index in [0.29, 0.717) is 5.69 Å². The Labute approximate surface area is 128 Å². The van der Waals surface area contributed by atoms with Gasteiger partial charge in [0.25, 0.3) is 0 Å². The number of fused-ring (bicyclic) bond motifs is 1. The lowest BCUT2D eigenvalue weighted by molar-refractivity contribution is -0.0785. The van der Waals surface area contributed by atoms with E-state index in [2.05, 4.69) is 0 Å². The number of hydrogen-bond acceptors (Lipinski definition) is 4. The number of aliphatic hydroxyl groups is 2. The van der Waals surface area contributed by atoms with Gasteiger partial charge in [-0.3, -0.25) is 0 Å². The summed E-state index contributed by atoms with van der Waals surface area (Å²) in [6.07, 6.45) is 0.326. The molecule has 0 amide bonds. The molecule has 2 aliphatic heterocycles. The number of halogens is 1. The highest BCUT2D eigenvalue weighted by molar-refractivity contribution is 6.24. The van der Waals surface area contributed by atoms with Crippen molar-refractivity contribution in [1.82, 2.24) is 13.9 Å². The molecule has 5 rings (SSSR count). The highest BCUT2D eigenvalue weighted by Crippen LogP contribution is 2.41. The summed E-state index contributed by atoms with van der Waals surface area (Å²) in [6, 6.07) is 7.59. The SMILES string of the molecule is O=c1n(-c2ccccc2)c(=O)n2n1[C@H]1C=C[C@]2(Cl)[C@@H](O)[C@H]1O. The summed E-state index contributed by atoms with van der Waals surface area (Å²) in [5.74, 6) is 0. The molecule has 2 bridgehead atoms. The number of aliphatic hydroxyl groups excluding tert-OH is 2. The molecule has 1 aromatic heterocycles. The van der Waals surface area contributed by atoms with E-state index in [1.54, 1.807) is 30.3 Å². The van der Waals surface area contributed by atoms with Gasteiger partial charge in [-0.05, 0) is 18.2 Å². The van der Waals surface area contributed by atoms with E-state index in [4.69, 9.17) is 11.6 Å². The monoisotopic (exact) mass is 321 g/mol. The summed E-state index contributed by atoms with van der Waals surface area (Å²) in [7, 11) is 0. The zero-order chi connectivity index (χ0) is 15.6. The third-order valence-corrected chi connectivity index (χ3v) is 4.72. The molecule has 2 N–H and O–H groups in total. The largest absolute Gasteiger partial charge is 0.388 e.